The van der Waals surface area contributed by atoms with Gasteiger partial charge in [0.2, 0.25) is 0 Å². The van der Waals surface area contributed by atoms with Crippen LogP contribution in [0.25, 0.3) is 22.0 Å². The number of hydrogen-bond acceptors (Lipinski definition) is 7. The molecule has 28 heavy (non-hydrogen) atoms. The molecule has 1 atom stereocenters. The Balaban J connectivity index is 1.70. The second kappa shape index (κ2) is 7.24. The first kappa shape index (κ1) is 17.9. The van der Waals surface area contributed by atoms with Crippen LogP contribution in [-0.2, 0) is 0 Å². The molecule has 0 aliphatic heterocycles. The van der Waals surface area contributed by atoms with Crippen molar-refractivity contribution in [1.29, 1.82) is 0 Å². The summed E-state index contributed by atoms with van der Waals surface area (Å²) in [6.07, 6.45) is 8.79. The first-order chi connectivity index (χ1) is 13.5. The first-order valence-corrected chi connectivity index (χ1v) is 8.94. The Morgan fingerprint density at radius 1 is 1.25 bits per heavy atom. The lowest BCUT2D eigenvalue weighted by atomic mass is 10.1. The number of nitrogens with zero attached hydrogens (tertiary/aromatic N) is 5. The summed E-state index contributed by atoms with van der Waals surface area (Å²) < 4.78 is 1.70. The monoisotopic (exact) mass is 375 g/mol. The highest BCUT2D eigenvalue weighted by molar-refractivity contribution is 5.94. The van der Waals surface area contributed by atoms with E-state index in [-0.39, 0.29) is 12.6 Å². The number of aryl methyl sites for hydroxylation is 1. The van der Waals surface area contributed by atoms with E-state index in [4.69, 9.17) is 5.73 Å². The molecule has 0 saturated carbocycles. The van der Waals surface area contributed by atoms with Gasteiger partial charge < -0.3 is 16.2 Å². The van der Waals surface area contributed by atoms with Crippen molar-refractivity contribution < 1.29 is 5.11 Å². The van der Waals surface area contributed by atoms with Gasteiger partial charge in [-0.05, 0) is 43.0 Å². The number of rotatable bonds is 5. The molecule has 142 valence electrons. The Labute approximate surface area is 162 Å². The number of nitrogen functional groups attached to an aromatic ring is 1. The van der Waals surface area contributed by atoms with E-state index in [0.717, 1.165) is 33.3 Å². The number of hydrogen-bond donors (Lipinski definition) is 3. The summed E-state index contributed by atoms with van der Waals surface area (Å²) in [6, 6.07) is 5.77. The number of aliphatic hydroxyl groups excluding tert-OH is 1. The summed E-state index contributed by atoms with van der Waals surface area (Å²) in [5, 5.41) is 18.5. The Morgan fingerprint density at radius 2 is 2.11 bits per heavy atom. The van der Waals surface area contributed by atoms with Gasteiger partial charge in [0, 0.05) is 35.7 Å². The minimum atomic E-state index is -0.0868. The Kier molecular flexibility index (Phi) is 4.62. The fourth-order valence-corrected chi connectivity index (χ4v) is 2.99. The smallest absolute Gasteiger partial charge is 0.133 e. The maximum Gasteiger partial charge on any atom is 0.133 e. The van der Waals surface area contributed by atoms with E-state index >= 15 is 0 Å². The second-order valence-electron chi connectivity index (χ2n) is 6.74. The molecule has 0 spiro atoms. The minimum Gasteiger partial charge on any atom is -0.394 e. The zero-order chi connectivity index (χ0) is 19.7. The van der Waals surface area contributed by atoms with E-state index in [1.807, 2.05) is 38.2 Å². The molecule has 4 rings (SSSR count). The molecule has 8 heteroatoms. The van der Waals surface area contributed by atoms with Crippen LogP contribution in [-0.4, -0.2) is 36.4 Å². The van der Waals surface area contributed by atoms with Gasteiger partial charge in [0.15, 0.2) is 0 Å². The molecule has 8 nitrogen and oxygen atoms in total. The van der Waals surface area contributed by atoms with Crippen LogP contribution in [0.15, 0.2) is 49.2 Å². The molecular weight excluding hydrogens is 354 g/mol. The number of nitrogens with one attached hydrogen (secondary N) is 1. The van der Waals surface area contributed by atoms with Gasteiger partial charge in [-0.3, -0.25) is 9.67 Å². The molecule has 0 fully saturated rings. The number of aromatic nitrogens is 5. The Bertz CT molecular complexity index is 1140. The number of fused-ring (bicyclic) bond motifs is 1. The highest BCUT2D eigenvalue weighted by Gasteiger charge is 2.10. The average Bonchev–Trinajstić information content (AvgIpc) is 3.16. The maximum atomic E-state index is 9.26. The third kappa shape index (κ3) is 3.37. The molecule has 4 aromatic rings. The number of anilines is 3. The SMILES string of the molecule is Cc1ccncc1-c1cc2cc(Nc3cnn(C(C)CO)c3)ncc2c(N)n1. The lowest BCUT2D eigenvalue weighted by Gasteiger charge is -2.10. The predicted octanol–water partition coefficient (Wildman–Crippen LogP) is 3.08. The van der Waals surface area contributed by atoms with Crippen LogP contribution in [0.2, 0.25) is 0 Å². The standard InChI is InChI=1S/C20H21N7O/c1-12-3-4-22-8-16(12)18-5-14-6-19(23-9-17(14)20(21)26-18)25-15-7-24-27(10-15)13(2)11-28/h3-10,13,28H,11H2,1-2H3,(H2,21,26)(H,23,25). The first-order valence-electron chi connectivity index (χ1n) is 8.94. The van der Waals surface area contributed by atoms with Gasteiger partial charge in [-0.25, -0.2) is 9.97 Å². The summed E-state index contributed by atoms with van der Waals surface area (Å²) in [5.74, 6) is 1.10. The van der Waals surface area contributed by atoms with E-state index < -0.39 is 0 Å². The lowest BCUT2D eigenvalue weighted by molar-refractivity contribution is 0.230. The molecule has 0 aromatic carbocycles. The topological polar surface area (TPSA) is 115 Å². The van der Waals surface area contributed by atoms with Gasteiger partial charge in [-0.1, -0.05) is 0 Å². The van der Waals surface area contributed by atoms with Crippen molar-refractivity contribution >= 4 is 28.1 Å². The molecule has 0 radical (unpaired) electrons. The largest absolute Gasteiger partial charge is 0.394 e. The van der Waals surface area contributed by atoms with Crippen molar-refractivity contribution in [3.63, 3.8) is 0 Å². The number of aliphatic hydroxyl groups is 1. The summed E-state index contributed by atoms with van der Waals surface area (Å²) in [6.45, 7) is 3.94. The van der Waals surface area contributed by atoms with Crippen LogP contribution in [0.5, 0.6) is 0 Å². The molecular formula is C20H21N7O. The van der Waals surface area contributed by atoms with Crippen LogP contribution in [0.4, 0.5) is 17.3 Å². The van der Waals surface area contributed by atoms with E-state index in [1.165, 1.54) is 0 Å². The quantitative estimate of drug-likeness (QED) is 0.491. The van der Waals surface area contributed by atoms with Crippen LogP contribution in [0.1, 0.15) is 18.5 Å². The highest BCUT2D eigenvalue weighted by Crippen LogP contribution is 2.29. The van der Waals surface area contributed by atoms with E-state index in [1.54, 1.807) is 29.5 Å². The van der Waals surface area contributed by atoms with Crippen molar-refractivity contribution in [2.24, 2.45) is 0 Å². The number of pyridine rings is 3. The van der Waals surface area contributed by atoms with Crippen molar-refractivity contribution in [2.75, 3.05) is 17.7 Å². The van der Waals surface area contributed by atoms with Crippen molar-refractivity contribution in [3.8, 4) is 11.3 Å². The zero-order valence-corrected chi connectivity index (χ0v) is 15.7. The predicted molar refractivity (Wildman–Crippen MR) is 109 cm³/mol. The average molecular weight is 375 g/mol. The molecule has 4 heterocycles. The van der Waals surface area contributed by atoms with Gasteiger partial charge in [0.25, 0.3) is 0 Å². The van der Waals surface area contributed by atoms with Crippen molar-refractivity contribution in [1.82, 2.24) is 24.7 Å². The maximum absolute atomic E-state index is 9.26. The zero-order valence-electron chi connectivity index (χ0n) is 15.7. The fraction of sp³-hybridized carbons (Fsp3) is 0.200. The van der Waals surface area contributed by atoms with Crippen LogP contribution >= 0.6 is 0 Å². The highest BCUT2D eigenvalue weighted by atomic mass is 16.3. The molecule has 0 aliphatic rings. The third-order valence-electron chi connectivity index (χ3n) is 4.65. The Morgan fingerprint density at radius 3 is 2.89 bits per heavy atom. The molecule has 1 unspecified atom stereocenters. The summed E-state index contributed by atoms with van der Waals surface area (Å²) in [7, 11) is 0. The van der Waals surface area contributed by atoms with Gasteiger partial charge in [0.1, 0.15) is 11.6 Å². The molecule has 0 amide bonds. The van der Waals surface area contributed by atoms with Crippen LogP contribution < -0.4 is 11.1 Å². The van der Waals surface area contributed by atoms with E-state index in [2.05, 4.69) is 25.4 Å². The van der Waals surface area contributed by atoms with Gasteiger partial charge in [0.05, 0.1) is 30.2 Å². The molecule has 4 aromatic heterocycles. The molecule has 0 saturated heterocycles. The normalized spacial score (nSPS) is 12.2. The molecule has 0 bridgehead atoms. The Hall–Kier alpha value is -3.52. The van der Waals surface area contributed by atoms with Gasteiger partial charge in [-0.2, -0.15) is 5.10 Å². The molecule has 0 aliphatic carbocycles. The van der Waals surface area contributed by atoms with Crippen LogP contribution in [0.3, 0.4) is 0 Å². The molecule has 4 N–H and O–H groups in total. The number of nitrogens with two attached hydrogens (primary N) is 1. The van der Waals surface area contributed by atoms with E-state index in [0.29, 0.717) is 11.6 Å². The van der Waals surface area contributed by atoms with Gasteiger partial charge in [-0.15, -0.1) is 0 Å². The second-order valence-corrected chi connectivity index (χ2v) is 6.74. The summed E-state index contributed by atoms with van der Waals surface area (Å²) >= 11 is 0. The van der Waals surface area contributed by atoms with Crippen molar-refractivity contribution in [2.45, 2.75) is 19.9 Å². The third-order valence-corrected chi connectivity index (χ3v) is 4.65. The van der Waals surface area contributed by atoms with Gasteiger partial charge >= 0.3 is 0 Å². The summed E-state index contributed by atoms with van der Waals surface area (Å²) in [4.78, 5) is 13.1. The fourth-order valence-electron chi connectivity index (χ4n) is 2.99. The summed E-state index contributed by atoms with van der Waals surface area (Å²) in [5.41, 5.74) is 9.76. The van der Waals surface area contributed by atoms with Crippen LogP contribution in [0, 0.1) is 6.92 Å². The minimum absolute atomic E-state index is 0.0260. The van der Waals surface area contributed by atoms with E-state index in [9.17, 15) is 5.11 Å². The lowest BCUT2D eigenvalue weighted by Crippen LogP contribution is -2.09. The van der Waals surface area contributed by atoms with Crippen molar-refractivity contribution in [3.05, 3.63) is 54.7 Å².